The zero-order chi connectivity index (χ0) is 13.1. The van der Waals surface area contributed by atoms with Crippen molar-refractivity contribution in [3.05, 3.63) is 41.5 Å². The summed E-state index contributed by atoms with van der Waals surface area (Å²) >= 11 is 0. The summed E-state index contributed by atoms with van der Waals surface area (Å²) in [6.45, 7) is 8.45. The largest absolute Gasteiger partial charge is 0.478 e. The van der Waals surface area contributed by atoms with Crippen molar-refractivity contribution in [2.75, 3.05) is 0 Å². The normalized spacial score (nSPS) is 12.6. The standard InChI is InChI=1S/C15H20O2/c1-5-11(10-14(16)17)12-6-8-13(9-7-12)15(2,3)4/h6-10H,5H2,1-4H3,(H,16,17)/b11-10-. The molecule has 1 N–H and O–H groups in total. The summed E-state index contributed by atoms with van der Waals surface area (Å²) in [6, 6.07) is 8.14. The molecule has 0 aliphatic rings. The lowest BCUT2D eigenvalue weighted by atomic mass is 9.86. The van der Waals surface area contributed by atoms with Gasteiger partial charge in [0, 0.05) is 6.08 Å². The highest BCUT2D eigenvalue weighted by molar-refractivity contribution is 5.89. The van der Waals surface area contributed by atoms with Crippen molar-refractivity contribution in [1.29, 1.82) is 0 Å². The summed E-state index contributed by atoms with van der Waals surface area (Å²) < 4.78 is 0. The van der Waals surface area contributed by atoms with Crippen molar-refractivity contribution in [3.8, 4) is 0 Å². The van der Waals surface area contributed by atoms with Gasteiger partial charge in [0.1, 0.15) is 0 Å². The second kappa shape index (κ2) is 5.17. The minimum Gasteiger partial charge on any atom is -0.478 e. The van der Waals surface area contributed by atoms with Crippen LogP contribution in [0.3, 0.4) is 0 Å². The average molecular weight is 232 g/mol. The van der Waals surface area contributed by atoms with Crippen LogP contribution >= 0.6 is 0 Å². The van der Waals surface area contributed by atoms with Crippen molar-refractivity contribution < 1.29 is 9.90 Å². The maximum Gasteiger partial charge on any atom is 0.328 e. The molecule has 0 aliphatic heterocycles. The molecule has 0 heterocycles. The molecule has 0 aromatic heterocycles. The first kappa shape index (κ1) is 13.5. The van der Waals surface area contributed by atoms with E-state index in [0.717, 1.165) is 17.6 Å². The van der Waals surface area contributed by atoms with Crippen LogP contribution in [-0.2, 0) is 10.2 Å². The quantitative estimate of drug-likeness (QED) is 0.803. The fraction of sp³-hybridized carbons (Fsp3) is 0.400. The Morgan fingerprint density at radius 3 is 2.12 bits per heavy atom. The second-order valence-electron chi connectivity index (χ2n) is 5.19. The number of carboxylic acids is 1. The van der Waals surface area contributed by atoms with E-state index in [1.54, 1.807) is 0 Å². The van der Waals surface area contributed by atoms with Gasteiger partial charge < -0.3 is 5.11 Å². The third-order valence-corrected chi connectivity index (χ3v) is 2.80. The van der Waals surface area contributed by atoms with E-state index in [0.29, 0.717) is 0 Å². The monoisotopic (exact) mass is 232 g/mol. The van der Waals surface area contributed by atoms with Crippen molar-refractivity contribution in [3.63, 3.8) is 0 Å². The Balaban J connectivity index is 3.05. The van der Waals surface area contributed by atoms with Crippen LogP contribution in [0.1, 0.15) is 45.2 Å². The number of aliphatic carboxylic acids is 1. The molecule has 2 heteroatoms. The summed E-state index contributed by atoms with van der Waals surface area (Å²) in [6.07, 6.45) is 2.01. The molecule has 0 aliphatic carbocycles. The Kier molecular flexibility index (Phi) is 4.11. The van der Waals surface area contributed by atoms with Crippen LogP contribution < -0.4 is 0 Å². The first-order valence-corrected chi connectivity index (χ1v) is 5.89. The van der Waals surface area contributed by atoms with E-state index in [2.05, 4.69) is 32.9 Å². The number of hydrogen-bond acceptors (Lipinski definition) is 1. The van der Waals surface area contributed by atoms with Gasteiger partial charge in [-0.1, -0.05) is 52.0 Å². The summed E-state index contributed by atoms with van der Waals surface area (Å²) in [7, 11) is 0. The van der Waals surface area contributed by atoms with Crippen LogP contribution in [0, 0.1) is 0 Å². The van der Waals surface area contributed by atoms with Crippen LogP contribution in [0.15, 0.2) is 30.3 Å². The van der Waals surface area contributed by atoms with Gasteiger partial charge in [-0.3, -0.25) is 0 Å². The molecule has 0 bridgehead atoms. The maximum absolute atomic E-state index is 10.7. The maximum atomic E-state index is 10.7. The zero-order valence-electron chi connectivity index (χ0n) is 10.9. The molecule has 0 amide bonds. The minimum atomic E-state index is -0.887. The molecule has 0 unspecified atom stereocenters. The van der Waals surface area contributed by atoms with E-state index in [4.69, 9.17) is 5.11 Å². The van der Waals surface area contributed by atoms with Gasteiger partial charge in [-0.25, -0.2) is 4.79 Å². The van der Waals surface area contributed by atoms with E-state index in [-0.39, 0.29) is 5.41 Å². The van der Waals surface area contributed by atoms with Gasteiger partial charge in [-0.05, 0) is 28.5 Å². The molecule has 0 saturated heterocycles. The Morgan fingerprint density at radius 2 is 1.76 bits per heavy atom. The lowest BCUT2D eigenvalue weighted by Crippen LogP contribution is -2.10. The molecule has 92 valence electrons. The molecular weight excluding hydrogens is 212 g/mol. The molecule has 0 fully saturated rings. The Morgan fingerprint density at radius 1 is 1.24 bits per heavy atom. The number of rotatable bonds is 3. The summed E-state index contributed by atoms with van der Waals surface area (Å²) in [5, 5.41) is 8.78. The lowest BCUT2D eigenvalue weighted by Gasteiger charge is -2.19. The van der Waals surface area contributed by atoms with E-state index in [1.165, 1.54) is 11.6 Å². The topological polar surface area (TPSA) is 37.3 Å². The third-order valence-electron chi connectivity index (χ3n) is 2.80. The Hall–Kier alpha value is -1.57. The summed E-state index contributed by atoms with van der Waals surface area (Å²) in [4.78, 5) is 10.7. The number of hydrogen-bond donors (Lipinski definition) is 1. The lowest BCUT2D eigenvalue weighted by molar-refractivity contribution is -0.131. The number of benzene rings is 1. The highest BCUT2D eigenvalue weighted by atomic mass is 16.4. The van der Waals surface area contributed by atoms with Crippen LogP contribution in [0.25, 0.3) is 5.57 Å². The average Bonchev–Trinajstić information content (AvgIpc) is 2.24. The highest BCUT2D eigenvalue weighted by Gasteiger charge is 2.13. The molecule has 0 spiro atoms. The number of carboxylic acid groups (broad SMARTS) is 1. The summed E-state index contributed by atoms with van der Waals surface area (Å²) in [5.74, 6) is -0.887. The molecule has 0 saturated carbocycles. The minimum absolute atomic E-state index is 0.126. The van der Waals surface area contributed by atoms with Crippen molar-refractivity contribution in [1.82, 2.24) is 0 Å². The summed E-state index contributed by atoms with van der Waals surface area (Å²) in [5.41, 5.74) is 3.23. The Bertz CT molecular complexity index is 419. The van der Waals surface area contributed by atoms with Crippen LogP contribution in [0.2, 0.25) is 0 Å². The van der Waals surface area contributed by atoms with E-state index in [1.807, 2.05) is 19.1 Å². The fourth-order valence-electron chi connectivity index (χ4n) is 1.72. The van der Waals surface area contributed by atoms with Crippen LogP contribution in [-0.4, -0.2) is 11.1 Å². The van der Waals surface area contributed by atoms with Gasteiger partial charge in [0.2, 0.25) is 0 Å². The Labute approximate surface area is 103 Å². The van der Waals surface area contributed by atoms with Crippen molar-refractivity contribution in [2.45, 2.75) is 39.5 Å². The van der Waals surface area contributed by atoms with Gasteiger partial charge in [-0.2, -0.15) is 0 Å². The molecule has 1 aromatic carbocycles. The number of carbonyl (C=O) groups is 1. The predicted octanol–water partition coefficient (Wildman–Crippen LogP) is 3.86. The molecule has 0 atom stereocenters. The van der Waals surface area contributed by atoms with E-state index < -0.39 is 5.97 Å². The van der Waals surface area contributed by atoms with Gasteiger partial charge in [-0.15, -0.1) is 0 Å². The second-order valence-corrected chi connectivity index (χ2v) is 5.19. The van der Waals surface area contributed by atoms with Crippen LogP contribution in [0.5, 0.6) is 0 Å². The highest BCUT2D eigenvalue weighted by Crippen LogP contribution is 2.25. The number of allylic oxidation sites excluding steroid dienone is 1. The first-order valence-electron chi connectivity index (χ1n) is 5.89. The van der Waals surface area contributed by atoms with Crippen LogP contribution in [0.4, 0.5) is 0 Å². The third kappa shape index (κ3) is 3.74. The predicted molar refractivity (Wildman–Crippen MR) is 71.0 cm³/mol. The smallest absolute Gasteiger partial charge is 0.328 e. The van der Waals surface area contributed by atoms with Crippen molar-refractivity contribution >= 4 is 11.5 Å². The molecule has 0 radical (unpaired) electrons. The van der Waals surface area contributed by atoms with Gasteiger partial charge in [0.25, 0.3) is 0 Å². The van der Waals surface area contributed by atoms with Gasteiger partial charge in [0.05, 0.1) is 0 Å². The molecular formula is C15H20O2. The molecule has 2 nitrogen and oxygen atoms in total. The first-order chi connectivity index (χ1) is 7.84. The van der Waals surface area contributed by atoms with Gasteiger partial charge in [0.15, 0.2) is 0 Å². The van der Waals surface area contributed by atoms with Gasteiger partial charge >= 0.3 is 5.97 Å². The zero-order valence-corrected chi connectivity index (χ0v) is 10.9. The molecule has 1 aromatic rings. The van der Waals surface area contributed by atoms with E-state index >= 15 is 0 Å². The van der Waals surface area contributed by atoms with E-state index in [9.17, 15) is 4.79 Å². The SMILES string of the molecule is CC/C(=C/C(=O)O)c1ccc(C(C)(C)C)cc1. The molecule has 17 heavy (non-hydrogen) atoms. The van der Waals surface area contributed by atoms with Crippen molar-refractivity contribution in [2.24, 2.45) is 0 Å². The molecule has 1 rings (SSSR count). The fourth-order valence-corrected chi connectivity index (χ4v) is 1.72.